The summed E-state index contributed by atoms with van der Waals surface area (Å²) in [4.78, 5) is 25.4. The maximum absolute atomic E-state index is 13.3. The van der Waals surface area contributed by atoms with Crippen molar-refractivity contribution in [3.8, 4) is 28.4 Å². The van der Waals surface area contributed by atoms with Crippen molar-refractivity contribution < 1.29 is 19.0 Å². The molecule has 0 fully saturated rings. The van der Waals surface area contributed by atoms with Gasteiger partial charge in [-0.05, 0) is 61.1 Å². The first-order chi connectivity index (χ1) is 16.8. The van der Waals surface area contributed by atoms with Gasteiger partial charge in [0, 0.05) is 18.5 Å². The van der Waals surface area contributed by atoms with Crippen LogP contribution >= 0.6 is 0 Å². The molecule has 7 heteroatoms. The van der Waals surface area contributed by atoms with Gasteiger partial charge in [0.1, 0.15) is 0 Å². The molecule has 7 nitrogen and oxygen atoms in total. The van der Waals surface area contributed by atoms with Crippen molar-refractivity contribution in [2.24, 2.45) is 0 Å². The second kappa shape index (κ2) is 12.0. The predicted molar refractivity (Wildman–Crippen MR) is 140 cm³/mol. The Bertz CT molecular complexity index is 1120. The number of fused-ring (bicyclic) bond motifs is 3. The molecule has 35 heavy (non-hydrogen) atoms. The van der Waals surface area contributed by atoms with Crippen LogP contribution in [-0.2, 0) is 11.2 Å². The number of hydrogen-bond donors (Lipinski definition) is 2. The average Bonchev–Trinajstić information content (AvgIpc) is 3.07. The van der Waals surface area contributed by atoms with E-state index in [0.717, 1.165) is 41.5 Å². The summed E-state index contributed by atoms with van der Waals surface area (Å²) in [6, 6.07) is 7.26. The van der Waals surface area contributed by atoms with E-state index in [1.165, 1.54) is 13.3 Å². The first-order valence-corrected chi connectivity index (χ1v) is 12.4. The van der Waals surface area contributed by atoms with E-state index in [2.05, 4.69) is 24.5 Å². The van der Waals surface area contributed by atoms with Crippen LogP contribution in [0.25, 0.3) is 11.1 Å². The molecule has 2 unspecified atom stereocenters. The molecule has 1 aliphatic carbocycles. The molecule has 2 N–H and O–H groups in total. The number of hydrogen-bond acceptors (Lipinski definition) is 6. The minimum atomic E-state index is -0.313. The van der Waals surface area contributed by atoms with E-state index in [4.69, 9.17) is 14.2 Å². The third kappa shape index (κ3) is 5.89. The molecule has 2 aromatic carbocycles. The number of nitrogens with one attached hydrogen (secondary N) is 2. The SMILES string of the molecule is CCCCCC(C)Nc1ccc2c(cc1=O)C(NC(C)=O)CCc1cc(OC)c(OC)c(OC)c1-2. The highest BCUT2D eigenvalue weighted by molar-refractivity contribution is 5.83. The molecule has 0 aliphatic heterocycles. The first-order valence-electron chi connectivity index (χ1n) is 12.4. The fourth-order valence-corrected chi connectivity index (χ4v) is 4.87. The van der Waals surface area contributed by atoms with Crippen LogP contribution in [0, 0.1) is 0 Å². The molecule has 0 bridgehead atoms. The van der Waals surface area contributed by atoms with Crippen molar-refractivity contribution in [3.63, 3.8) is 0 Å². The maximum atomic E-state index is 13.3. The first kappa shape index (κ1) is 26.4. The second-order valence-electron chi connectivity index (χ2n) is 9.14. The Hall–Kier alpha value is -3.22. The van der Waals surface area contributed by atoms with Crippen LogP contribution in [-0.4, -0.2) is 33.3 Å². The molecule has 1 amide bonds. The minimum Gasteiger partial charge on any atom is -0.493 e. The van der Waals surface area contributed by atoms with Crippen molar-refractivity contribution in [3.05, 3.63) is 45.6 Å². The van der Waals surface area contributed by atoms with Crippen molar-refractivity contribution in [1.29, 1.82) is 0 Å². The van der Waals surface area contributed by atoms with Gasteiger partial charge in [-0.2, -0.15) is 0 Å². The predicted octanol–water partition coefficient (Wildman–Crippen LogP) is 5.24. The molecule has 190 valence electrons. The summed E-state index contributed by atoms with van der Waals surface area (Å²) in [7, 11) is 4.77. The number of aryl methyl sites for hydroxylation is 1. The topological polar surface area (TPSA) is 85.9 Å². The number of ether oxygens (including phenoxy) is 3. The van der Waals surface area contributed by atoms with E-state index in [1.54, 1.807) is 27.4 Å². The highest BCUT2D eigenvalue weighted by Crippen LogP contribution is 2.50. The van der Waals surface area contributed by atoms with Crippen LogP contribution in [0.3, 0.4) is 0 Å². The lowest BCUT2D eigenvalue weighted by atomic mass is 9.95. The third-order valence-corrected chi connectivity index (χ3v) is 6.56. The lowest BCUT2D eigenvalue weighted by Crippen LogP contribution is -2.26. The van der Waals surface area contributed by atoms with Crippen molar-refractivity contribution in [2.45, 2.75) is 71.4 Å². The van der Waals surface area contributed by atoms with E-state index in [-0.39, 0.29) is 23.4 Å². The standard InChI is InChI=1S/C28H38N2O5/c1-7-8-9-10-17(2)29-23-14-12-20-21(16-24(23)32)22(30-18(3)31)13-11-19-15-25(33-4)27(34-5)28(35-6)26(19)20/h12,14-17,22H,7-11,13H2,1-6H3,(H,29,32)(H,30,31). The number of carbonyl (C=O) groups is 1. The van der Waals surface area contributed by atoms with Crippen LogP contribution < -0.4 is 30.3 Å². The zero-order valence-electron chi connectivity index (χ0n) is 21.7. The molecule has 1 aliphatic rings. The normalized spacial score (nSPS) is 15.2. The van der Waals surface area contributed by atoms with Crippen LogP contribution in [0.1, 0.15) is 70.0 Å². The quantitative estimate of drug-likeness (QED) is 0.450. The van der Waals surface area contributed by atoms with Crippen LogP contribution in [0.4, 0.5) is 5.69 Å². The van der Waals surface area contributed by atoms with E-state index in [9.17, 15) is 9.59 Å². The van der Waals surface area contributed by atoms with E-state index < -0.39 is 0 Å². The molecule has 0 radical (unpaired) electrons. The Balaban J connectivity index is 2.21. The molecule has 2 aromatic rings. The Morgan fingerprint density at radius 1 is 1.09 bits per heavy atom. The van der Waals surface area contributed by atoms with Crippen LogP contribution in [0.15, 0.2) is 29.1 Å². The zero-order valence-corrected chi connectivity index (χ0v) is 21.7. The van der Waals surface area contributed by atoms with Gasteiger partial charge < -0.3 is 24.8 Å². The summed E-state index contributed by atoms with van der Waals surface area (Å²) in [5, 5.41) is 6.44. The number of rotatable bonds is 10. The van der Waals surface area contributed by atoms with Gasteiger partial charge in [0.2, 0.25) is 17.1 Å². The second-order valence-corrected chi connectivity index (χ2v) is 9.14. The number of methoxy groups -OCH3 is 3. The summed E-state index contributed by atoms with van der Waals surface area (Å²) in [5.74, 6) is 1.48. The fraction of sp³-hybridized carbons (Fsp3) is 0.500. The van der Waals surface area contributed by atoms with Gasteiger partial charge in [0.15, 0.2) is 11.5 Å². The maximum Gasteiger partial charge on any atom is 0.217 e. The van der Waals surface area contributed by atoms with Gasteiger partial charge in [-0.25, -0.2) is 0 Å². The summed E-state index contributed by atoms with van der Waals surface area (Å²) < 4.78 is 17.0. The number of amides is 1. The Morgan fingerprint density at radius 2 is 1.83 bits per heavy atom. The van der Waals surface area contributed by atoms with Crippen LogP contribution in [0.2, 0.25) is 0 Å². The Morgan fingerprint density at radius 3 is 2.46 bits per heavy atom. The lowest BCUT2D eigenvalue weighted by molar-refractivity contribution is -0.119. The number of carbonyl (C=O) groups excluding carboxylic acids is 1. The number of anilines is 1. The Kier molecular flexibility index (Phi) is 9.01. The van der Waals surface area contributed by atoms with E-state index in [0.29, 0.717) is 35.8 Å². The summed E-state index contributed by atoms with van der Waals surface area (Å²) >= 11 is 0. The number of unbranched alkanes of at least 4 members (excludes halogenated alkanes) is 2. The fourth-order valence-electron chi connectivity index (χ4n) is 4.87. The molecule has 0 saturated carbocycles. The van der Waals surface area contributed by atoms with Crippen molar-refractivity contribution in [2.75, 3.05) is 26.6 Å². The lowest BCUT2D eigenvalue weighted by Gasteiger charge is -2.19. The largest absolute Gasteiger partial charge is 0.493 e. The van der Waals surface area contributed by atoms with Gasteiger partial charge in [0.05, 0.1) is 33.1 Å². The number of benzene rings is 1. The molecule has 0 heterocycles. The Labute approximate surface area is 208 Å². The smallest absolute Gasteiger partial charge is 0.217 e. The highest BCUT2D eigenvalue weighted by Gasteiger charge is 2.29. The monoisotopic (exact) mass is 482 g/mol. The van der Waals surface area contributed by atoms with Gasteiger partial charge in [-0.15, -0.1) is 0 Å². The van der Waals surface area contributed by atoms with Gasteiger partial charge in [-0.1, -0.05) is 32.3 Å². The van der Waals surface area contributed by atoms with Gasteiger partial charge in [0.25, 0.3) is 0 Å². The molecule has 0 aromatic heterocycles. The zero-order chi connectivity index (χ0) is 25.5. The average molecular weight is 483 g/mol. The van der Waals surface area contributed by atoms with E-state index in [1.807, 2.05) is 18.2 Å². The van der Waals surface area contributed by atoms with Crippen LogP contribution in [0.5, 0.6) is 17.2 Å². The van der Waals surface area contributed by atoms with Gasteiger partial charge in [-0.3, -0.25) is 9.59 Å². The van der Waals surface area contributed by atoms with E-state index >= 15 is 0 Å². The summed E-state index contributed by atoms with van der Waals surface area (Å²) in [6.45, 7) is 5.78. The van der Waals surface area contributed by atoms with Crippen molar-refractivity contribution >= 4 is 11.6 Å². The van der Waals surface area contributed by atoms with Gasteiger partial charge >= 0.3 is 0 Å². The molecule has 0 saturated heterocycles. The molecule has 2 atom stereocenters. The van der Waals surface area contributed by atoms with Crippen molar-refractivity contribution in [1.82, 2.24) is 5.32 Å². The third-order valence-electron chi connectivity index (χ3n) is 6.56. The molecular weight excluding hydrogens is 444 g/mol. The molecule has 0 spiro atoms. The summed E-state index contributed by atoms with van der Waals surface area (Å²) in [6.07, 6.45) is 5.75. The summed E-state index contributed by atoms with van der Waals surface area (Å²) in [5.41, 5.74) is 3.90. The molecular formula is C28H38N2O5. The minimum absolute atomic E-state index is 0.105. The highest BCUT2D eigenvalue weighted by atomic mass is 16.5. The molecule has 3 rings (SSSR count).